The Bertz CT molecular complexity index is 904. The van der Waals surface area contributed by atoms with Gasteiger partial charge in [0.05, 0.1) is 4.92 Å². The number of rotatable bonds is 4. The maximum atomic E-state index is 12.4. The highest BCUT2D eigenvalue weighted by atomic mass is 16.6. The molecule has 0 bridgehead atoms. The molecule has 0 aliphatic carbocycles. The highest BCUT2D eigenvalue weighted by molar-refractivity contribution is 6.10. The lowest BCUT2D eigenvalue weighted by Gasteiger charge is -2.10. The third-order valence-corrected chi connectivity index (χ3v) is 3.83. The number of aryl methyl sites for hydroxylation is 3. The van der Waals surface area contributed by atoms with Gasteiger partial charge in [-0.1, -0.05) is 30.3 Å². The number of para-hydroxylation sites is 1. The summed E-state index contributed by atoms with van der Waals surface area (Å²) in [7, 11) is 0. The van der Waals surface area contributed by atoms with Gasteiger partial charge in [-0.05, 0) is 43.5 Å². The smallest absolute Gasteiger partial charge is 0.272 e. The first-order valence-electron chi connectivity index (χ1n) is 7.58. The SMILES string of the molecule is Cc1ccc(/C=C(\C#N)C(=O)Nc2c(C)cccc2C)cc1[N+](=O)[O-]. The van der Waals surface area contributed by atoms with Crippen LogP contribution < -0.4 is 5.32 Å². The van der Waals surface area contributed by atoms with Gasteiger partial charge in [0.1, 0.15) is 11.6 Å². The molecule has 0 aliphatic heterocycles. The van der Waals surface area contributed by atoms with E-state index in [4.69, 9.17) is 0 Å². The number of benzene rings is 2. The van der Waals surface area contributed by atoms with Crippen LogP contribution in [-0.4, -0.2) is 10.8 Å². The highest BCUT2D eigenvalue weighted by Crippen LogP contribution is 2.22. The first-order valence-corrected chi connectivity index (χ1v) is 7.58. The summed E-state index contributed by atoms with van der Waals surface area (Å²) in [6, 6.07) is 12.0. The van der Waals surface area contributed by atoms with Crippen molar-refractivity contribution >= 4 is 23.4 Å². The summed E-state index contributed by atoms with van der Waals surface area (Å²) in [6.45, 7) is 5.36. The Morgan fingerprint density at radius 1 is 1.16 bits per heavy atom. The number of nitro benzene ring substituents is 1. The monoisotopic (exact) mass is 335 g/mol. The van der Waals surface area contributed by atoms with E-state index in [1.165, 1.54) is 12.1 Å². The van der Waals surface area contributed by atoms with Gasteiger partial charge < -0.3 is 5.32 Å². The second-order valence-corrected chi connectivity index (χ2v) is 5.69. The van der Waals surface area contributed by atoms with Crippen LogP contribution in [0.1, 0.15) is 22.3 Å². The number of nitro groups is 1. The molecule has 0 unspecified atom stereocenters. The van der Waals surface area contributed by atoms with Crippen molar-refractivity contribution < 1.29 is 9.72 Å². The Morgan fingerprint density at radius 3 is 2.36 bits per heavy atom. The number of hydrogen-bond donors (Lipinski definition) is 1. The van der Waals surface area contributed by atoms with Crippen LogP contribution in [0.25, 0.3) is 6.08 Å². The van der Waals surface area contributed by atoms with Crippen molar-refractivity contribution in [3.63, 3.8) is 0 Å². The third-order valence-electron chi connectivity index (χ3n) is 3.83. The molecule has 1 N–H and O–H groups in total. The average molecular weight is 335 g/mol. The van der Waals surface area contributed by atoms with Crippen LogP contribution in [0.3, 0.4) is 0 Å². The molecule has 6 nitrogen and oxygen atoms in total. The Kier molecular flexibility index (Phi) is 5.30. The Morgan fingerprint density at radius 2 is 1.80 bits per heavy atom. The second-order valence-electron chi connectivity index (χ2n) is 5.69. The topological polar surface area (TPSA) is 96.0 Å². The molecule has 1 amide bonds. The van der Waals surface area contributed by atoms with Gasteiger partial charge in [-0.15, -0.1) is 0 Å². The first kappa shape index (κ1) is 17.9. The molecule has 0 aromatic heterocycles. The minimum absolute atomic E-state index is 0.0544. The molecule has 0 heterocycles. The lowest BCUT2D eigenvalue weighted by molar-refractivity contribution is -0.385. The molecule has 0 radical (unpaired) electrons. The molecule has 25 heavy (non-hydrogen) atoms. The zero-order valence-electron chi connectivity index (χ0n) is 14.2. The molecule has 0 saturated carbocycles. The van der Waals surface area contributed by atoms with E-state index in [0.717, 1.165) is 11.1 Å². The standard InChI is InChI=1S/C19H17N3O3/c1-12-7-8-15(10-17(12)22(24)25)9-16(11-20)19(23)21-18-13(2)5-4-6-14(18)3/h4-10H,1-3H3,(H,21,23)/b16-9+. The number of hydrogen-bond acceptors (Lipinski definition) is 4. The van der Waals surface area contributed by atoms with E-state index in [-0.39, 0.29) is 11.3 Å². The van der Waals surface area contributed by atoms with Crippen LogP contribution >= 0.6 is 0 Å². The van der Waals surface area contributed by atoms with E-state index in [0.29, 0.717) is 16.8 Å². The van der Waals surface area contributed by atoms with Crippen molar-refractivity contribution in [2.75, 3.05) is 5.32 Å². The second kappa shape index (κ2) is 7.41. The van der Waals surface area contributed by atoms with E-state index in [1.807, 2.05) is 38.1 Å². The van der Waals surface area contributed by atoms with Crippen LogP contribution in [0.2, 0.25) is 0 Å². The molecule has 0 fully saturated rings. The van der Waals surface area contributed by atoms with Crippen molar-refractivity contribution in [2.24, 2.45) is 0 Å². The fraction of sp³-hybridized carbons (Fsp3) is 0.158. The van der Waals surface area contributed by atoms with Crippen LogP contribution in [0.4, 0.5) is 11.4 Å². The Hall–Kier alpha value is -3.46. The van der Waals surface area contributed by atoms with Crippen LogP contribution in [0, 0.1) is 42.2 Å². The van der Waals surface area contributed by atoms with Gasteiger partial charge in [-0.3, -0.25) is 14.9 Å². The number of carbonyl (C=O) groups is 1. The summed E-state index contributed by atoms with van der Waals surface area (Å²) in [4.78, 5) is 22.9. The van der Waals surface area contributed by atoms with Gasteiger partial charge >= 0.3 is 0 Å². The van der Waals surface area contributed by atoms with Gasteiger partial charge in [-0.2, -0.15) is 5.26 Å². The molecule has 0 saturated heterocycles. The number of carbonyl (C=O) groups excluding carboxylic acids is 1. The van der Waals surface area contributed by atoms with E-state index in [1.54, 1.807) is 19.1 Å². The highest BCUT2D eigenvalue weighted by Gasteiger charge is 2.14. The molecule has 2 aromatic carbocycles. The van der Waals surface area contributed by atoms with Crippen LogP contribution in [0.15, 0.2) is 42.0 Å². The van der Waals surface area contributed by atoms with Gasteiger partial charge in [0.25, 0.3) is 11.6 Å². The molecule has 6 heteroatoms. The Balaban J connectivity index is 2.35. The quantitative estimate of drug-likeness (QED) is 0.394. The maximum absolute atomic E-state index is 12.4. The summed E-state index contributed by atoms with van der Waals surface area (Å²) in [5.74, 6) is -0.553. The minimum Gasteiger partial charge on any atom is -0.321 e. The van der Waals surface area contributed by atoms with E-state index < -0.39 is 10.8 Å². The normalized spacial score (nSPS) is 10.9. The summed E-state index contributed by atoms with van der Waals surface area (Å²) in [5, 5.41) is 23.0. The fourth-order valence-electron chi connectivity index (χ4n) is 2.42. The molecule has 0 atom stereocenters. The van der Waals surface area contributed by atoms with Gasteiger partial charge in [0, 0.05) is 17.3 Å². The predicted molar refractivity (Wildman–Crippen MR) is 96.0 cm³/mol. The minimum atomic E-state index is -0.553. The lowest BCUT2D eigenvalue weighted by Crippen LogP contribution is -2.15. The van der Waals surface area contributed by atoms with Crippen LogP contribution in [0.5, 0.6) is 0 Å². The fourth-order valence-corrected chi connectivity index (χ4v) is 2.42. The number of nitriles is 1. The number of nitrogens with zero attached hydrogens (tertiary/aromatic N) is 2. The Labute approximate surface area is 145 Å². The van der Waals surface area contributed by atoms with Gasteiger partial charge in [0.15, 0.2) is 0 Å². The van der Waals surface area contributed by atoms with Gasteiger partial charge in [-0.25, -0.2) is 0 Å². The number of anilines is 1. The molecule has 2 aromatic rings. The maximum Gasteiger partial charge on any atom is 0.272 e. The van der Waals surface area contributed by atoms with E-state index >= 15 is 0 Å². The first-order chi connectivity index (χ1) is 11.8. The van der Waals surface area contributed by atoms with E-state index in [2.05, 4.69) is 5.32 Å². The molecular formula is C19H17N3O3. The lowest BCUT2D eigenvalue weighted by atomic mass is 10.1. The van der Waals surface area contributed by atoms with Crippen molar-refractivity contribution in [1.82, 2.24) is 0 Å². The summed E-state index contributed by atoms with van der Waals surface area (Å²) in [5.41, 5.74) is 3.19. The largest absolute Gasteiger partial charge is 0.321 e. The molecule has 2 rings (SSSR count). The summed E-state index contributed by atoms with van der Waals surface area (Å²) < 4.78 is 0. The number of nitrogens with one attached hydrogen (secondary N) is 1. The molecule has 0 aliphatic rings. The number of amides is 1. The zero-order chi connectivity index (χ0) is 18.6. The van der Waals surface area contributed by atoms with Crippen molar-refractivity contribution in [1.29, 1.82) is 5.26 Å². The van der Waals surface area contributed by atoms with E-state index in [9.17, 15) is 20.2 Å². The molecule has 126 valence electrons. The van der Waals surface area contributed by atoms with Crippen LogP contribution in [-0.2, 0) is 4.79 Å². The summed E-state index contributed by atoms with van der Waals surface area (Å²) >= 11 is 0. The van der Waals surface area contributed by atoms with Crippen molar-refractivity contribution in [3.05, 3.63) is 74.3 Å². The molecular weight excluding hydrogens is 318 g/mol. The zero-order valence-corrected chi connectivity index (χ0v) is 14.2. The van der Waals surface area contributed by atoms with Crippen molar-refractivity contribution in [2.45, 2.75) is 20.8 Å². The average Bonchev–Trinajstić information content (AvgIpc) is 2.57. The predicted octanol–water partition coefficient (Wildman–Crippen LogP) is 4.07. The van der Waals surface area contributed by atoms with Crippen molar-refractivity contribution in [3.8, 4) is 6.07 Å². The molecule has 0 spiro atoms. The summed E-state index contributed by atoms with van der Waals surface area (Å²) in [6.07, 6.45) is 1.34. The van der Waals surface area contributed by atoms with Gasteiger partial charge in [0.2, 0.25) is 0 Å². The third kappa shape index (κ3) is 4.09.